The molecular formula is C25H36O3. The predicted octanol–water partition coefficient (Wildman–Crippen LogP) is 5.68. The van der Waals surface area contributed by atoms with E-state index in [0.29, 0.717) is 12.3 Å². The fraction of sp³-hybridized carbons (Fsp3) is 0.640. The Kier molecular flexibility index (Phi) is 8.15. The van der Waals surface area contributed by atoms with E-state index >= 15 is 0 Å². The molecule has 0 spiro atoms. The van der Waals surface area contributed by atoms with Crippen molar-refractivity contribution in [2.24, 2.45) is 17.8 Å². The summed E-state index contributed by atoms with van der Waals surface area (Å²) in [4.78, 5) is 37.1. The van der Waals surface area contributed by atoms with Crippen molar-refractivity contribution in [1.82, 2.24) is 0 Å². The number of aryl methyl sites for hydroxylation is 2. The Hall–Kier alpha value is -1.77. The summed E-state index contributed by atoms with van der Waals surface area (Å²) < 4.78 is 0. The molecule has 0 amide bonds. The zero-order valence-electron chi connectivity index (χ0n) is 18.3. The molecule has 1 aromatic rings. The monoisotopic (exact) mass is 384 g/mol. The standard InChI is InChI=1S/C25H36O3/c1-6-9-20(21(8-3)23(27)12-17(5)26)13-18-14-22-19(7-2)11-10-16(4)25(22)24(28)15-18/h10-11,18,20-21H,6-9,12-15H2,1-5H3. The lowest BCUT2D eigenvalue weighted by atomic mass is 9.71. The third-order valence-electron chi connectivity index (χ3n) is 6.39. The van der Waals surface area contributed by atoms with Gasteiger partial charge < -0.3 is 0 Å². The molecule has 1 aliphatic rings. The molecule has 0 saturated carbocycles. The summed E-state index contributed by atoms with van der Waals surface area (Å²) in [6.07, 6.45) is 6.17. The first-order chi connectivity index (χ1) is 13.3. The maximum Gasteiger partial charge on any atom is 0.163 e. The third kappa shape index (κ3) is 5.18. The van der Waals surface area contributed by atoms with Gasteiger partial charge in [0, 0.05) is 17.9 Å². The first kappa shape index (κ1) is 22.5. The van der Waals surface area contributed by atoms with Crippen LogP contribution in [0.1, 0.15) is 93.3 Å². The molecule has 3 unspecified atom stereocenters. The van der Waals surface area contributed by atoms with Crippen LogP contribution in [0.3, 0.4) is 0 Å². The lowest BCUT2D eigenvalue weighted by Crippen LogP contribution is -2.30. The Morgan fingerprint density at radius 1 is 1.14 bits per heavy atom. The van der Waals surface area contributed by atoms with Crippen molar-refractivity contribution >= 4 is 17.3 Å². The van der Waals surface area contributed by atoms with Gasteiger partial charge in [0.25, 0.3) is 0 Å². The van der Waals surface area contributed by atoms with Crippen molar-refractivity contribution in [2.45, 2.75) is 86.0 Å². The van der Waals surface area contributed by atoms with Crippen LogP contribution in [0.5, 0.6) is 0 Å². The van der Waals surface area contributed by atoms with Gasteiger partial charge in [-0.3, -0.25) is 14.4 Å². The lowest BCUT2D eigenvalue weighted by molar-refractivity contribution is -0.129. The number of benzene rings is 1. The molecule has 0 fully saturated rings. The van der Waals surface area contributed by atoms with E-state index in [2.05, 4.69) is 26.0 Å². The summed E-state index contributed by atoms with van der Waals surface area (Å²) in [6, 6.07) is 4.24. The van der Waals surface area contributed by atoms with Gasteiger partial charge in [0.1, 0.15) is 11.6 Å². The molecule has 28 heavy (non-hydrogen) atoms. The first-order valence-corrected chi connectivity index (χ1v) is 11.0. The summed E-state index contributed by atoms with van der Waals surface area (Å²) in [7, 11) is 0. The lowest BCUT2D eigenvalue weighted by Gasteiger charge is -2.32. The molecule has 0 N–H and O–H groups in total. The minimum atomic E-state index is -0.0662. The largest absolute Gasteiger partial charge is 0.300 e. The molecule has 3 atom stereocenters. The van der Waals surface area contributed by atoms with Gasteiger partial charge in [-0.15, -0.1) is 0 Å². The molecule has 0 radical (unpaired) electrons. The quantitative estimate of drug-likeness (QED) is 0.487. The highest BCUT2D eigenvalue weighted by atomic mass is 16.1. The molecular weight excluding hydrogens is 348 g/mol. The average Bonchev–Trinajstić information content (AvgIpc) is 2.61. The molecule has 0 bridgehead atoms. The van der Waals surface area contributed by atoms with Crippen LogP contribution in [0.25, 0.3) is 0 Å². The number of carbonyl (C=O) groups excluding carboxylic acids is 3. The number of fused-ring (bicyclic) bond motifs is 1. The molecule has 0 saturated heterocycles. The molecule has 0 heterocycles. The minimum Gasteiger partial charge on any atom is -0.300 e. The molecule has 3 nitrogen and oxygen atoms in total. The Morgan fingerprint density at radius 3 is 2.43 bits per heavy atom. The molecule has 1 aliphatic carbocycles. The van der Waals surface area contributed by atoms with Crippen molar-refractivity contribution in [2.75, 3.05) is 0 Å². The van der Waals surface area contributed by atoms with Crippen LogP contribution < -0.4 is 0 Å². The van der Waals surface area contributed by atoms with Gasteiger partial charge in [-0.1, -0.05) is 45.7 Å². The Labute approximate surface area is 170 Å². The number of carbonyl (C=O) groups is 3. The maximum atomic E-state index is 12.9. The zero-order chi connectivity index (χ0) is 20.8. The van der Waals surface area contributed by atoms with Crippen LogP contribution in [0.4, 0.5) is 0 Å². The maximum absolute atomic E-state index is 12.9. The summed E-state index contributed by atoms with van der Waals surface area (Å²) >= 11 is 0. The smallest absolute Gasteiger partial charge is 0.163 e. The molecule has 1 aromatic carbocycles. The van der Waals surface area contributed by atoms with Crippen molar-refractivity contribution in [3.05, 3.63) is 34.4 Å². The molecule has 0 aromatic heterocycles. The summed E-state index contributed by atoms with van der Waals surface area (Å²) in [6.45, 7) is 9.86. The second kappa shape index (κ2) is 10.1. The SMILES string of the molecule is CCCC(CC1CC(=O)c2c(C)ccc(CC)c2C1)C(CC)C(=O)CC(C)=O. The first-order valence-electron chi connectivity index (χ1n) is 11.0. The van der Waals surface area contributed by atoms with E-state index in [1.165, 1.54) is 18.1 Å². The normalized spacial score (nSPS) is 18.5. The van der Waals surface area contributed by atoms with Gasteiger partial charge in [-0.2, -0.15) is 0 Å². The van der Waals surface area contributed by atoms with E-state index in [-0.39, 0.29) is 35.6 Å². The van der Waals surface area contributed by atoms with Gasteiger partial charge in [0.2, 0.25) is 0 Å². The van der Waals surface area contributed by atoms with Crippen molar-refractivity contribution in [3.8, 4) is 0 Å². The van der Waals surface area contributed by atoms with E-state index in [4.69, 9.17) is 0 Å². The number of ketones is 3. The van der Waals surface area contributed by atoms with Crippen LogP contribution in [0, 0.1) is 24.7 Å². The van der Waals surface area contributed by atoms with E-state index in [1.807, 2.05) is 13.8 Å². The van der Waals surface area contributed by atoms with Gasteiger partial charge in [0.15, 0.2) is 5.78 Å². The zero-order valence-corrected chi connectivity index (χ0v) is 18.3. The Bertz CT molecular complexity index is 732. The van der Waals surface area contributed by atoms with E-state index < -0.39 is 0 Å². The van der Waals surface area contributed by atoms with E-state index in [9.17, 15) is 14.4 Å². The summed E-state index contributed by atoms with van der Waals surface area (Å²) in [5.74, 6) is 0.782. The van der Waals surface area contributed by atoms with Gasteiger partial charge >= 0.3 is 0 Å². The van der Waals surface area contributed by atoms with Crippen molar-refractivity contribution in [3.63, 3.8) is 0 Å². The Balaban J connectivity index is 2.24. The topological polar surface area (TPSA) is 51.2 Å². The van der Waals surface area contributed by atoms with E-state index in [1.54, 1.807) is 0 Å². The summed E-state index contributed by atoms with van der Waals surface area (Å²) in [5.41, 5.74) is 4.55. The fourth-order valence-electron chi connectivity index (χ4n) is 5.14. The van der Waals surface area contributed by atoms with Gasteiger partial charge in [0.05, 0.1) is 6.42 Å². The molecule has 3 heteroatoms. The fourth-order valence-corrected chi connectivity index (χ4v) is 5.14. The number of hydrogen-bond donors (Lipinski definition) is 0. The van der Waals surface area contributed by atoms with Gasteiger partial charge in [-0.05, 0) is 68.1 Å². The highest BCUT2D eigenvalue weighted by molar-refractivity contribution is 6.00. The average molecular weight is 385 g/mol. The van der Waals surface area contributed by atoms with Crippen LogP contribution in [0.15, 0.2) is 12.1 Å². The van der Waals surface area contributed by atoms with Crippen LogP contribution in [-0.4, -0.2) is 17.3 Å². The Morgan fingerprint density at radius 2 is 1.86 bits per heavy atom. The van der Waals surface area contributed by atoms with Crippen LogP contribution in [-0.2, 0) is 22.4 Å². The second-order valence-electron chi connectivity index (χ2n) is 8.59. The molecule has 2 rings (SSSR count). The number of rotatable bonds is 10. The number of hydrogen-bond acceptors (Lipinski definition) is 3. The van der Waals surface area contributed by atoms with Crippen molar-refractivity contribution < 1.29 is 14.4 Å². The molecule has 154 valence electrons. The van der Waals surface area contributed by atoms with Crippen molar-refractivity contribution in [1.29, 1.82) is 0 Å². The predicted molar refractivity (Wildman–Crippen MR) is 114 cm³/mol. The third-order valence-corrected chi connectivity index (χ3v) is 6.39. The second-order valence-corrected chi connectivity index (χ2v) is 8.59. The number of Topliss-reactive ketones (excluding diaryl/α,β-unsaturated/α-hetero) is 3. The van der Waals surface area contributed by atoms with Crippen LogP contribution in [0.2, 0.25) is 0 Å². The minimum absolute atomic E-state index is 0.0460. The highest BCUT2D eigenvalue weighted by Crippen LogP contribution is 2.37. The van der Waals surface area contributed by atoms with Gasteiger partial charge in [-0.25, -0.2) is 0 Å². The van der Waals surface area contributed by atoms with E-state index in [0.717, 1.165) is 49.7 Å². The molecule has 0 aliphatic heterocycles. The highest BCUT2D eigenvalue weighted by Gasteiger charge is 2.33. The van der Waals surface area contributed by atoms with Crippen LogP contribution >= 0.6 is 0 Å². The summed E-state index contributed by atoms with van der Waals surface area (Å²) in [5, 5.41) is 0.